The lowest BCUT2D eigenvalue weighted by molar-refractivity contribution is 0.906. The molecule has 0 fully saturated rings. The van der Waals surface area contributed by atoms with E-state index in [0.29, 0.717) is 0 Å². The summed E-state index contributed by atoms with van der Waals surface area (Å²) in [4.78, 5) is 9.11. The first-order valence-corrected chi connectivity index (χ1v) is 7.96. The standard InChI is InChI=1S/C13H24N4S/c1-5-7-14-12-10(3)13(15-8-9-18-4)17-11(6-2)16-12/h5-9H2,1-4H3,(H2,14,15,16,17). The van der Waals surface area contributed by atoms with Crippen molar-refractivity contribution < 1.29 is 0 Å². The van der Waals surface area contributed by atoms with Crippen LogP contribution in [0.15, 0.2) is 0 Å². The highest BCUT2D eigenvalue weighted by molar-refractivity contribution is 7.98. The Morgan fingerprint density at radius 3 is 2.17 bits per heavy atom. The van der Waals surface area contributed by atoms with Crippen LogP contribution in [0.5, 0.6) is 0 Å². The summed E-state index contributed by atoms with van der Waals surface area (Å²) in [5.41, 5.74) is 1.11. The zero-order valence-corrected chi connectivity index (χ0v) is 12.7. The molecule has 1 aromatic rings. The Labute approximate surface area is 114 Å². The van der Waals surface area contributed by atoms with Crippen LogP contribution in [0.4, 0.5) is 11.6 Å². The van der Waals surface area contributed by atoms with Gasteiger partial charge in [-0.25, -0.2) is 9.97 Å². The first-order valence-electron chi connectivity index (χ1n) is 6.57. The molecule has 0 unspecified atom stereocenters. The van der Waals surface area contributed by atoms with E-state index in [9.17, 15) is 0 Å². The number of hydrogen-bond donors (Lipinski definition) is 2. The van der Waals surface area contributed by atoms with Crippen molar-refractivity contribution in [1.82, 2.24) is 9.97 Å². The molecule has 4 nitrogen and oxygen atoms in total. The molecule has 18 heavy (non-hydrogen) atoms. The van der Waals surface area contributed by atoms with E-state index in [1.54, 1.807) is 0 Å². The van der Waals surface area contributed by atoms with Crippen LogP contribution in [-0.2, 0) is 6.42 Å². The third-order valence-corrected chi connectivity index (χ3v) is 3.26. The lowest BCUT2D eigenvalue weighted by atomic mass is 10.2. The molecule has 0 bridgehead atoms. The number of rotatable bonds is 8. The molecule has 1 aromatic heterocycles. The van der Waals surface area contributed by atoms with Crippen LogP contribution in [0, 0.1) is 6.92 Å². The summed E-state index contributed by atoms with van der Waals surface area (Å²) in [6, 6.07) is 0. The molecule has 0 saturated carbocycles. The van der Waals surface area contributed by atoms with Crippen LogP contribution in [-0.4, -0.2) is 35.1 Å². The summed E-state index contributed by atoms with van der Waals surface area (Å²) in [7, 11) is 0. The summed E-state index contributed by atoms with van der Waals surface area (Å²) in [6.07, 6.45) is 4.07. The third-order valence-electron chi connectivity index (χ3n) is 2.65. The van der Waals surface area contributed by atoms with E-state index in [2.05, 4.69) is 47.6 Å². The highest BCUT2D eigenvalue weighted by atomic mass is 32.2. The van der Waals surface area contributed by atoms with E-state index in [0.717, 1.165) is 54.7 Å². The van der Waals surface area contributed by atoms with Crippen LogP contribution >= 0.6 is 11.8 Å². The topological polar surface area (TPSA) is 49.8 Å². The smallest absolute Gasteiger partial charge is 0.134 e. The molecular formula is C13H24N4S. The minimum absolute atomic E-state index is 0.859. The second-order valence-corrected chi connectivity index (χ2v) is 5.15. The van der Waals surface area contributed by atoms with Gasteiger partial charge in [0, 0.05) is 30.8 Å². The summed E-state index contributed by atoms with van der Waals surface area (Å²) < 4.78 is 0. The maximum absolute atomic E-state index is 4.56. The van der Waals surface area contributed by atoms with E-state index in [4.69, 9.17) is 0 Å². The Balaban J connectivity index is 2.85. The van der Waals surface area contributed by atoms with Gasteiger partial charge in [0.2, 0.25) is 0 Å². The Bertz CT molecular complexity index is 368. The van der Waals surface area contributed by atoms with Crippen LogP contribution in [0.3, 0.4) is 0 Å². The van der Waals surface area contributed by atoms with Gasteiger partial charge in [-0.15, -0.1) is 0 Å². The molecule has 0 atom stereocenters. The van der Waals surface area contributed by atoms with E-state index in [1.165, 1.54) is 0 Å². The van der Waals surface area contributed by atoms with Crippen LogP contribution < -0.4 is 10.6 Å². The van der Waals surface area contributed by atoms with Crippen molar-refractivity contribution >= 4 is 23.4 Å². The number of nitrogens with one attached hydrogen (secondary N) is 2. The summed E-state index contributed by atoms with van der Waals surface area (Å²) >= 11 is 1.83. The number of hydrogen-bond acceptors (Lipinski definition) is 5. The van der Waals surface area contributed by atoms with E-state index in [-0.39, 0.29) is 0 Å². The van der Waals surface area contributed by atoms with E-state index < -0.39 is 0 Å². The molecule has 0 aliphatic rings. The summed E-state index contributed by atoms with van der Waals surface area (Å²) in [5, 5.41) is 6.77. The fourth-order valence-electron chi connectivity index (χ4n) is 1.58. The van der Waals surface area contributed by atoms with Gasteiger partial charge in [-0.2, -0.15) is 11.8 Å². The van der Waals surface area contributed by atoms with E-state index >= 15 is 0 Å². The number of anilines is 2. The van der Waals surface area contributed by atoms with Gasteiger partial charge < -0.3 is 10.6 Å². The normalized spacial score (nSPS) is 10.4. The zero-order chi connectivity index (χ0) is 13.4. The van der Waals surface area contributed by atoms with Crippen molar-refractivity contribution in [2.75, 3.05) is 35.7 Å². The molecule has 0 aliphatic heterocycles. The zero-order valence-electron chi connectivity index (χ0n) is 11.8. The van der Waals surface area contributed by atoms with Gasteiger partial charge >= 0.3 is 0 Å². The first-order chi connectivity index (χ1) is 8.72. The van der Waals surface area contributed by atoms with Gasteiger partial charge in [-0.05, 0) is 19.6 Å². The predicted octanol–water partition coefficient (Wildman–Crippen LogP) is 2.94. The van der Waals surface area contributed by atoms with Crippen molar-refractivity contribution in [2.24, 2.45) is 0 Å². The van der Waals surface area contributed by atoms with Crippen molar-refractivity contribution in [2.45, 2.75) is 33.6 Å². The van der Waals surface area contributed by atoms with Crippen molar-refractivity contribution in [3.05, 3.63) is 11.4 Å². The Morgan fingerprint density at radius 2 is 1.67 bits per heavy atom. The number of nitrogens with zero attached hydrogens (tertiary/aromatic N) is 2. The van der Waals surface area contributed by atoms with E-state index in [1.807, 2.05) is 11.8 Å². The Hall–Kier alpha value is -0.970. The molecule has 5 heteroatoms. The van der Waals surface area contributed by atoms with Gasteiger partial charge in [0.1, 0.15) is 17.5 Å². The lowest BCUT2D eigenvalue weighted by Crippen LogP contribution is -2.13. The number of thioether (sulfide) groups is 1. The van der Waals surface area contributed by atoms with Gasteiger partial charge in [0.15, 0.2) is 0 Å². The van der Waals surface area contributed by atoms with Crippen LogP contribution in [0.2, 0.25) is 0 Å². The lowest BCUT2D eigenvalue weighted by Gasteiger charge is -2.14. The molecule has 1 heterocycles. The molecule has 0 aliphatic carbocycles. The fourth-order valence-corrected chi connectivity index (χ4v) is 1.89. The average Bonchev–Trinajstić information content (AvgIpc) is 2.39. The first kappa shape index (κ1) is 15.1. The number of aryl methyl sites for hydroxylation is 1. The SMILES string of the molecule is CCCNc1nc(CC)nc(NCCSC)c1C. The van der Waals surface area contributed by atoms with Gasteiger partial charge in [0.05, 0.1) is 0 Å². The van der Waals surface area contributed by atoms with Crippen molar-refractivity contribution in [3.8, 4) is 0 Å². The van der Waals surface area contributed by atoms with Crippen LogP contribution in [0.25, 0.3) is 0 Å². The molecule has 0 spiro atoms. The second-order valence-electron chi connectivity index (χ2n) is 4.16. The average molecular weight is 268 g/mol. The molecule has 102 valence electrons. The van der Waals surface area contributed by atoms with Gasteiger partial charge in [-0.3, -0.25) is 0 Å². The monoisotopic (exact) mass is 268 g/mol. The Kier molecular flexibility index (Phi) is 6.86. The molecule has 2 N–H and O–H groups in total. The minimum Gasteiger partial charge on any atom is -0.370 e. The summed E-state index contributed by atoms with van der Waals surface area (Å²) in [5.74, 6) is 3.92. The maximum Gasteiger partial charge on any atom is 0.134 e. The highest BCUT2D eigenvalue weighted by Crippen LogP contribution is 2.20. The van der Waals surface area contributed by atoms with Gasteiger partial charge in [0.25, 0.3) is 0 Å². The second kappa shape index (κ2) is 8.19. The molecule has 1 rings (SSSR count). The third kappa shape index (κ3) is 4.37. The molecule has 0 radical (unpaired) electrons. The largest absolute Gasteiger partial charge is 0.370 e. The van der Waals surface area contributed by atoms with Crippen molar-refractivity contribution in [3.63, 3.8) is 0 Å². The molecule has 0 saturated heterocycles. The van der Waals surface area contributed by atoms with Crippen molar-refractivity contribution in [1.29, 1.82) is 0 Å². The maximum atomic E-state index is 4.56. The Morgan fingerprint density at radius 1 is 1.06 bits per heavy atom. The minimum atomic E-state index is 0.859. The van der Waals surface area contributed by atoms with Crippen LogP contribution in [0.1, 0.15) is 31.7 Å². The molecular weight excluding hydrogens is 244 g/mol. The fraction of sp³-hybridized carbons (Fsp3) is 0.692. The van der Waals surface area contributed by atoms with Gasteiger partial charge in [-0.1, -0.05) is 13.8 Å². The highest BCUT2D eigenvalue weighted by Gasteiger charge is 2.09. The molecule has 0 amide bonds. The number of aromatic nitrogens is 2. The molecule has 0 aromatic carbocycles. The predicted molar refractivity (Wildman–Crippen MR) is 81.8 cm³/mol. The summed E-state index contributed by atoms with van der Waals surface area (Å²) in [6.45, 7) is 8.20. The quantitative estimate of drug-likeness (QED) is 0.710.